The predicted octanol–water partition coefficient (Wildman–Crippen LogP) is 1.72. The molecule has 84 valence electrons. The number of benzene rings is 1. The number of aromatic amines is 1. The molecule has 2 aliphatic rings. The van der Waals surface area contributed by atoms with Gasteiger partial charge in [-0.25, -0.2) is 5.10 Å². The van der Waals surface area contributed by atoms with E-state index >= 15 is 0 Å². The molecule has 4 heteroatoms. The summed E-state index contributed by atoms with van der Waals surface area (Å²) in [6.45, 7) is 0.751. The van der Waals surface area contributed by atoms with Crippen molar-refractivity contribution >= 4 is 0 Å². The normalized spacial score (nSPS) is 10.8. The van der Waals surface area contributed by atoms with Crippen LogP contribution in [0, 0.1) is 0 Å². The lowest BCUT2D eigenvalue weighted by Crippen LogP contribution is -2.05. The highest BCUT2D eigenvalue weighted by molar-refractivity contribution is 5.57. The van der Waals surface area contributed by atoms with E-state index in [0.29, 0.717) is 11.3 Å². The summed E-state index contributed by atoms with van der Waals surface area (Å²) in [7, 11) is 0. The minimum Gasteiger partial charge on any atom is -0.349 e. The molecule has 0 radical (unpaired) electrons. The van der Waals surface area contributed by atoms with Crippen molar-refractivity contribution in [3.05, 3.63) is 64.7 Å². The van der Waals surface area contributed by atoms with Gasteiger partial charge in [-0.15, -0.1) is 0 Å². The lowest BCUT2D eigenvalue weighted by molar-refractivity contribution is 0.791. The van der Waals surface area contributed by atoms with Crippen LogP contribution in [0.2, 0.25) is 0 Å². The van der Waals surface area contributed by atoms with Gasteiger partial charge in [-0.05, 0) is 11.6 Å². The van der Waals surface area contributed by atoms with E-state index in [4.69, 9.17) is 0 Å². The third kappa shape index (κ3) is 1.85. The minimum atomic E-state index is -0.137. The Morgan fingerprint density at radius 3 is 2.82 bits per heavy atom. The van der Waals surface area contributed by atoms with E-state index in [2.05, 4.69) is 22.3 Å². The highest BCUT2D eigenvalue weighted by atomic mass is 16.1. The van der Waals surface area contributed by atoms with E-state index in [9.17, 15) is 4.79 Å². The Hall–Kier alpha value is -2.36. The van der Waals surface area contributed by atoms with Gasteiger partial charge in [-0.3, -0.25) is 4.79 Å². The third-order valence-corrected chi connectivity index (χ3v) is 2.73. The van der Waals surface area contributed by atoms with Crippen molar-refractivity contribution in [1.29, 1.82) is 0 Å². The summed E-state index contributed by atoms with van der Waals surface area (Å²) in [4.78, 5) is 11.5. The Morgan fingerprint density at radius 1 is 1.18 bits per heavy atom. The van der Waals surface area contributed by atoms with Crippen molar-refractivity contribution in [2.75, 3.05) is 0 Å². The Kier molecular flexibility index (Phi) is 2.26. The zero-order chi connectivity index (χ0) is 11.7. The number of hydrogen-bond acceptors (Lipinski definition) is 2. The van der Waals surface area contributed by atoms with Crippen LogP contribution >= 0.6 is 0 Å². The number of nitrogens with one attached hydrogen (secondary N) is 1. The average Bonchev–Trinajstić information content (AvgIpc) is 2.73. The summed E-state index contributed by atoms with van der Waals surface area (Å²) >= 11 is 0. The van der Waals surface area contributed by atoms with Crippen molar-refractivity contribution in [3.63, 3.8) is 0 Å². The zero-order valence-electron chi connectivity index (χ0n) is 9.13. The molecule has 0 unspecified atom stereocenters. The largest absolute Gasteiger partial charge is 0.349 e. The molecule has 0 spiro atoms. The van der Waals surface area contributed by atoms with Crippen molar-refractivity contribution < 1.29 is 0 Å². The summed E-state index contributed by atoms with van der Waals surface area (Å²) in [6, 6.07) is 12.0. The van der Waals surface area contributed by atoms with Gasteiger partial charge in [-0.2, -0.15) is 5.10 Å². The second-order valence-corrected chi connectivity index (χ2v) is 3.95. The fourth-order valence-corrected chi connectivity index (χ4v) is 1.87. The first kappa shape index (κ1) is 9.84. The third-order valence-electron chi connectivity index (χ3n) is 2.73. The maximum absolute atomic E-state index is 11.5. The van der Waals surface area contributed by atoms with Crippen LogP contribution in [0.3, 0.4) is 0 Å². The maximum Gasteiger partial charge on any atom is 0.275 e. The predicted molar refractivity (Wildman–Crippen MR) is 65.0 cm³/mol. The quantitative estimate of drug-likeness (QED) is 0.722. The highest BCUT2D eigenvalue weighted by Gasteiger charge is 2.09. The van der Waals surface area contributed by atoms with Gasteiger partial charge in [0.25, 0.3) is 5.56 Å². The molecular formula is C13H11N3O. The van der Waals surface area contributed by atoms with Crippen LogP contribution in [-0.2, 0) is 6.54 Å². The van der Waals surface area contributed by atoms with E-state index < -0.39 is 0 Å². The van der Waals surface area contributed by atoms with Crippen LogP contribution in [0.1, 0.15) is 5.56 Å². The lowest BCUT2D eigenvalue weighted by atomic mass is 10.2. The molecule has 2 aliphatic heterocycles. The molecule has 0 aromatic heterocycles. The van der Waals surface area contributed by atoms with E-state index in [1.54, 1.807) is 0 Å². The van der Waals surface area contributed by atoms with Crippen molar-refractivity contribution in [3.8, 4) is 11.3 Å². The smallest absolute Gasteiger partial charge is 0.275 e. The van der Waals surface area contributed by atoms with Crippen LogP contribution in [-0.4, -0.2) is 14.8 Å². The fraction of sp³-hybridized carbons (Fsp3) is 0.0769. The SMILES string of the molecule is O=c1[nH]nc2ccn(Cc3ccccc3)cc1-2. The first-order chi connectivity index (χ1) is 8.33. The standard InChI is InChI=1S/C13H11N3O/c17-13-11-9-16(7-6-12(11)14-15-13)8-10-4-2-1-3-5-10/h1-7,9H,8H2,(H,15,17). The molecule has 1 aromatic rings. The number of H-pyrrole nitrogens is 1. The molecule has 0 bridgehead atoms. The van der Waals surface area contributed by atoms with Gasteiger partial charge in [0.05, 0.1) is 11.3 Å². The molecular weight excluding hydrogens is 214 g/mol. The molecule has 1 N–H and O–H groups in total. The zero-order valence-corrected chi connectivity index (χ0v) is 9.13. The highest BCUT2D eigenvalue weighted by Crippen LogP contribution is 2.13. The topological polar surface area (TPSA) is 50.7 Å². The van der Waals surface area contributed by atoms with Gasteiger partial charge < -0.3 is 4.57 Å². The Balaban J connectivity index is 1.99. The molecule has 3 rings (SSSR count). The maximum atomic E-state index is 11.5. The van der Waals surface area contributed by atoms with Crippen molar-refractivity contribution in [2.45, 2.75) is 6.54 Å². The first-order valence-electron chi connectivity index (χ1n) is 5.41. The van der Waals surface area contributed by atoms with Crippen LogP contribution < -0.4 is 5.56 Å². The first-order valence-corrected chi connectivity index (χ1v) is 5.41. The minimum absolute atomic E-state index is 0.137. The van der Waals surface area contributed by atoms with E-state index in [1.807, 2.05) is 41.2 Å². The van der Waals surface area contributed by atoms with Crippen molar-refractivity contribution in [1.82, 2.24) is 14.8 Å². The van der Waals surface area contributed by atoms with E-state index in [0.717, 1.165) is 6.54 Å². The van der Waals surface area contributed by atoms with Gasteiger partial charge in [0, 0.05) is 18.9 Å². The Morgan fingerprint density at radius 2 is 2.00 bits per heavy atom. The van der Waals surface area contributed by atoms with Crippen LogP contribution in [0.15, 0.2) is 53.6 Å². The van der Waals surface area contributed by atoms with Gasteiger partial charge in [0.2, 0.25) is 0 Å². The number of aromatic nitrogens is 3. The summed E-state index contributed by atoms with van der Waals surface area (Å²) in [5, 5.41) is 6.36. The molecule has 0 amide bonds. The van der Waals surface area contributed by atoms with Crippen LogP contribution in [0.5, 0.6) is 0 Å². The molecule has 0 fully saturated rings. The van der Waals surface area contributed by atoms with E-state index in [1.165, 1.54) is 5.56 Å². The van der Waals surface area contributed by atoms with Gasteiger partial charge in [0.15, 0.2) is 0 Å². The average molecular weight is 225 g/mol. The van der Waals surface area contributed by atoms with Gasteiger partial charge in [-0.1, -0.05) is 30.3 Å². The summed E-state index contributed by atoms with van der Waals surface area (Å²) in [6.07, 6.45) is 3.75. The second-order valence-electron chi connectivity index (χ2n) is 3.95. The van der Waals surface area contributed by atoms with Crippen molar-refractivity contribution in [2.24, 2.45) is 0 Å². The van der Waals surface area contributed by atoms with Gasteiger partial charge in [0.1, 0.15) is 0 Å². The molecule has 4 nitrogen and oxygen atoms in total. The Bertz CT molecular complexity index is 654. The molecule has 0 aliphatic carbocycles. The molecule has 0 saturated carbocycles. The van der Waals surface area contributed by atoms with Gasteiger partial charge >= 0.3 is 0 Å². The summed E-state index contributed by atoms with van der Waals surface area (Å²) in [5.41, 5.74) is 2.40. The number of hydrogen-bond donors (Lipinski definition) is 1. The number of pyridine rings is 1. The fourth-order valence-electron chi connectivity index (χ4n) is 1.87. The number of fused-ring (bicyclic) bond motifs is 1. The molecule has 1 aromatic carbocycles. The lowest BCUT2D eigenvalue weighted by Gasteiger charge is -2.07. The molecule has 17 heavy (non-hydrogen) atoms. The Labute approximate surface area is 97.9 Å². The monoisotopic (exact) mass is 225 g/mol. The van der Waals surface area contributed by atoms with E-state index in [-0.39, 0.29) is 5.56 Å². The number of nitrogens with zero attached hydrogens (tertiary/aromatic N) is 2. The van der Waals surface area contributed by atoms with Crippen LogP contribution in [0.4, 0.5) is 0 Å². The summed E-state index contributed by atoms with van der Waals surface area (Å²) < 4.78 is 1.98. The molecule has 2 heterocycles. The molecule has 0 saturated heterocycles. The summed E-state index contributed by atoms with van der Waals surface area (Å²) in [5.74, 6) is 0. The second kappa shape index (κ2) is 3.90. The van der Waals surface area contributed by atoms with Crippen LogP contribution in [0.25, 0.3) is 11.3 Å². The molecule has 0 atom stereocenters. The number of rotatable bonds is 2.